The van der Waals surface area contributed by atoms with Crippen LogP contribution in [0.3, 0.4) is 0 Å². The maximum absolute atomic E-state index is 2.40. The monoisotopic (exact) mass is 294 g/mol. The first-order chi connectivity index (χ1) is 11.4. The summed E-state index contributed by atoms with van der Waals surface area (Å²) < 4.78 is 0. The van der Waals surface area contributed by atoms with Gasteiger partial charge in [0.2, 0.25) is 0 Å². The number of allylic oxidation sites excluding steroid dienone is 1. The van der Waals surface area contributed by atoms with Crippen molar-refractivity contribution in [1.29, 1.82) is 0 Å². The lowest BCUT2D eigenvalue weighted by atomic mass is 9.89. The Morgan fingerprint density at radius 2 is 1.30 bits per heavy atom. The van der Waals surface area contributed by atoms with E-state index >= 15 is 0 Å². The van der Waals surface area contributed by atoms with Crippen LogP contribution in [-0.2, 0) is 6.42 Å². The van der Waals surface area contributed by atoms with Crippen molar-refractivity contribution < 1.29 is 0 Å². The Morgan fingerprint density at radius 1 is 0.696 bits per heavy atom. The molecule has 0 unspecified atom stereocenters. The molecular weight excluding hydrogens is 276 g/mol. The number of hydrogen-bond donors (Lipinski definition) is 0. The lowest BCUT2D eigenvalue weighted by molar-refractivity contribution is 0.805. The number of hydrogen-bond acceptors (Lipinski definition) is 0. The number of fused-ring (bicyclic) bond motifs is 4. The van der Waals surface area contributed by atoms with E-state index in [0.29, 0.717) is 5.92 Å². The molecule has 0 aromatic heterocycles. The molecule has 0 heterocycles. The Kier molecular flexibility index (Phi) is 2.78. The van der Waals surface area contributed by atoms with Gasteiger partial charge in [-0.1, -0.05) is 84.4 Å². The second-order valence-electron chi connectivity index (χ2n) is 6.61. The Balaban J connectivity index is 1.55. The summed E-state index contributed by atoms with van der Waals surface area (Å²) in [6.45, 7) is 0. The van der Waals surface area contributed by atoms with Crippen LogP contribution in [0.2, 0.25) is 0 Å². The van der Waals surface area contributed by atoms with Crippen molar-refractivity contribution in [3.05, 3.63) is 101 Å². The Hall–Kier alpha value is -2.60. The topological polar surface area (TPSA) is 0 Å². The highest BCUT2D eigenvalue weighted by molar-refractivity contribution is 5.79. The Morgan fingerprint density at radius 3 is 2.00 bits per heavy atom. The van der Waals surface area contributed by atoms with Gasteiger partial charge in [0.15, 0.2) is 0 Å². The molecule has 0 nitrogen and oxygen atoms in total. The van der Waals surface area contributed by atoms with Gasteiger partial charge in [-0.25, -0.2) is 0 Å². The molecule has 0 fully saturated rings. The molecule has 2 aliphatic rings. The molecule has 0 N–H and O–H groups in total. The highest BCUT2D eigenvalue weighted by Crippen LogP contribution is 2.48. The first-order valence-electron chi connectivity index (χ1n) is 8.36. The summed E-state index contributed by atoms with van der Waals surface area (Å²) in [7, 11) is 0. The summed E-state index contributed by atoms with van der Waals surface area (Å²) in [5.41, 5.74) is 10.3. The van der Waals surface area contributed by atoms with Gasteiger partial charge in [0, 0.05) is 5.92 Å². The van der Waals surface area contributed by atoms with E-state index in [9.17, 15) is 0 Å². The van der Waals surface area contributed by atoms with Crippen LogP contribution in [0.5, 0.6) is 0 Å². The molecule has 0 saturated heterocycles. The van der Waals surface area contributed by atoms with Crippen LogP contribution in [0, 0.1) is 0 Å². The van der Waals surface area contributed by atoms with E-state index in [1.54, 1.807) is 5.57 Å². The SMILES string of the molecule is C1=C(CC2c3ccccc3-c3ccccc32)Cc2ccccc21. The molecule has 2 aliphatic carbocycles. The zero-order chi connectivity index (χ0) is 15.2. The van der Waals surface area contributed by atoms with Gasteiger partial charge in [-0.15, -0.1) is 0 Å². The van der Waals surface area contributed by atoms with Gasteiger partial charge in [-0.05, 0) is 46.2 Å². The van der Waals surface area contributed by atoms with Crippen molar-refractivity contribution in [2.75, 3.05) is 0 Å². The normalized spacial score (nSPS) is 15.0. The van der Waals surface area contributed by atoms with Crippen molar-refractivity contribution in [2.45, 2.75) is 18.8 Å². The highest BCUT2D eigenvalue weighted by Gasteiger charge is 2.29. The predicted octanol–water partition coefficient (Wildman–Crippen LogP) is 5.83. The summed E-state index contributed by atoms with van der Waals surface area (Å²) >= 11 is 0. The smallest absolute Gasteiger partial charge is 0.0139 e. The summed E-state index contributed by atoms with van der Waals surface area (Å²) in [6.07, 6.45) is 4.64. The second-order valence-corrected chi connectivity index (χ2v) is 6.61. The Bertz CT molecular complexity index is 885. The molecule has 0 atom stereocenters. The van der Waals surface area contributed by atoms with Crippen LogP contribution < -0.4 is 0 Å². The van der Waals surface area contributed by atoms with E-state index < -0.39 is 0 Å². The molecule has 0 amide bonds. The molecule has 5 rings (SSSR count). The lowest BCUT2D eigenvalue weighted by Gasteiger charge is -2.14. The quantitative estimate of drug-likeness (QED) is 0.558. The molecule has 0 aliphatic heterocycles. The second kappa shape index (κ2) is 4.96. The van der Waals surface area contributed by atoms with Gasteiger partial charge in [-0.3, -0.25) is 0 Å². The molecule has 110 valence electrons. The fourth-order valence-electron chi connectivity index (χ4n) is 4.22. The minimum absolute atomic E-state index is 0.503. The maximum atomic E-state index is 2.40. The van der Waals surface area contributed by atoms with E-state index in [-0.39, 0.29) is 0 Å². The molecule has 0 radical (unpaired) electrons. The maximum Gasteiger partial charge on any atom is 0.0139 e. The third-order valence-electron chi connectivity index (χ3n) is 5.26. The summed E-state index contributed by atoms with van der Waals surface area (Å²) in [6, 6.07) is 26.6. The standard InChI is InChI=1S/C23H18/c1-2-8-18-14-16(13-17(18)7-1)15-23-21-11-5-3-9-19(21)20-10-4-6-12-22(20)23/h1-13,23H,14-15H2. The molecule has 0 heteroatoms. The minimum atomic E-state index is 0.503. The van der Waals surface area contributed by atoms with Gasteiger partial charge >= 0.3 is 0 Å². The van der Waals surface area contributed by atoms with E-state index in [1.807, 2.05) is 0 Å². The van der Waals surface area contributed by atoms with Crippen molar-refractivity contribution in [3.63, 3.8) is 0 Å². The molecular formula is C23H18. The molecule has 3 aromatic carbocycles. The molecule has 3 aromatic rings. The first kappa shape index (κ1) is 12.9. The van der Waals surface area contributed by atoms with Crippen LogP contribution in [0.4, 0.5) is 0 Å². The average molecular weight is 294 g/mol. The zero-order valence-electron chi connectivity index (χ0n) is 13.0. The molecule has 23 heavy (non-hydrogen) atoms. The van der Waals surface area contributed by atoms with E-state index in [2.05, 4.69) is 78.9 Å². The summed E-state index contributed by atoms with van der Waals surface area (Å²) in [5, 5.41) is 0. The highest BCUT2D eigenvalue weighted by atomic mass is 14.3. The molecule has 0 spiro atoms. The van der Waals surface area contributed by atoms with Gasteiger partial charge in [0.05, 0.1) is 0 Å². The van der Waals surface area contributed by atoms with E-state index in [4.69, 9.17) is 0 Å². The van der Waals surface area contributed by atoms with E-state index in [0.717, 1.165) is 12.8 Å². The minimum Gasteiger partial charge on any atom is -0.0643 e. The number of benzene rings is 3. The van der Waals surface area contributed by atoms with Gasteiger partial charge in [-0.2, -0.15) is 0 Å². The average Bonchev–Trinajstić information content (AvgIpc) is 3.15. The van der Waals surface area contributed by atoms with Gasteiger partial charge < -0.3 is 0 Å². The summed E-state index contributed by atoms with van der Waals surface area (Å²) in [5.74, 6) is 0.503. The van der Waals surface area contributed by atoms with E-state index in [1.165, 1.54) is 33.4 Å². The largest absolute Gasteiger partial charge is 0.0643 e. The zero-order valence-corrected chi connectivity index (χ0v) is 13.0. The fourth-order valence-corrected chi connectivity index (χ4v) is 4.22. The van der Waals surface area contributed by atoms with Crippen molar-refractivity contribution in [2.24, 2.45) is 0 Å². The van der Waals surface area contributed by atoms with Crippen LogP contribution >= 0.6 is 0 Å². The Labute approximate surface area is 137 Å². The van der Waals surface area contributed by atoms with Crippen LogP contribution in [-0.4, -0.2) is 0 Å². The van der Waals surface area contributed by atoms with Crippen molar-refractivity contribution in [1.82, 2.24) is 0 Å². The number of rotatable bonds is 2. The summed E-state index contributed by atoms with van der Waals surface area (Å²) in [4.78, 5) is 0. The third-order valence-corrected chi connectivity index (χ3v) is 5.26. The van der Waals surface area contributed by atoms with Crippen LogP contribution in [0.15, 0.2) is 78.4 Å². The van der Waals surface area contributed by atoms with Crippen LogP contribution in [0.25, 0.3) is 17.2 Å². The predicted molar refractivity (Wildman–Crippen MR) is 96.5 cm³/mol. The molecule has 0 saturated carbocycles. The first-order valence-corrected chi connectivity index (χ1v) is 8.36. The van der Waals surface area contributed by atoms with Crippen molar-refractivity contribution >= 4 is 6.08 Å². The van der Waals surface area contributed by atoms with Gasteiger partial charge in [0.1, 0.15) is 0 Å². The third kappa shape index (κ3) is 1.98. The van der Waals surface area contributed by atoms with Crippen molar-refractivity contribution in [3.8, 4) is 11.1 Å². The molecule has 0 bridgehead atoms. The van der Waals surface area contributed by atoms with Gasteiger partial charge in [0.25, 0.3) is 0 Å². The van der Waals surface area contributed by atoms with Crippen LogP contribution in [0.1, 0.15) is 34.6 Å². The fraction of sp³-hybridized carbons (Fsp3) is 0.130. The lowest BCUT2D eigenvalue weighted by Crippen LogP contribution is -1.99.